The molecule has 0 radical (unpaired) electrons. The molecule has 1 aliphatic rings. The fourth-order valence-electron chi connectivity index (χ4n) is 2.10. The van der Waals surface area contributed by atoms with E-state index >= 15 is 0 Å². The maximum atomic E-state index is 5.35. The van der Waals surface area contributed by atoms with Gasteiger partial charge in [-0.05, 0) is 34.1 Å². The second-order valence-electron chi connectivity index (χ2n) is 4.55. The van der Waals surface area contributed by atoms with E-state index in [1.807, 2.05) is 24.4 Å². The van der Waals surface area contributed by atoms with Gasteiger partial charge >= 0.3 is 0 Å². The van der Waals surface area contributed by atoms with Crippen LogP contribution in [0.3, 0.4) is 0 Å². The first-order valence-electron chi connectivity index (χ1n) is 6.57. The lowest BCUT2D eigenvalue weighted by Crippen LogP contribution is -2.36. The van der Waals surface area contributed by atoms with Crippen LogP contribution in [-0.4, -0.2) is 31.3 Å². The van der Waals surface area contributed by atoms with Crippen LogP contribution in [0, 0.1) is 0 Å². The zero-order valence-corrected chi connectivity index (χ0v) is 12.6. The molecule has 0 aromatic carbocycles. The van der Waals surface area contributed by atoms with E-state index in [2.05, 4.69) is 31.1 Å². The molecule has 0 spiro atoms. The predicted molar refractivity (Wildman–Crippen MR) is 81.0 cm³/mol. The molecule has 6 heteroatoms. The van der Waals surface area contributed by atoms with E-state index in [9.17, 15) is 0 Å². The third kappa shape index (κ3) is 3.13. The van der Waals surface area contributed by atoms with E-state index in [-0.39, 0.29) is 0 Å². The molecule has 0 bridgehead atoms. The number of hydrogen-bond acceptors (Lipinski definition) is 5. The van der Waals surface area contributed by atoms with Gasteiger partial charge in [0.1, 0.15) is 11.6 Å². The predicted octanol–water partition coefficient (Wildman–Crippen LogP) is 2.89. The highest BCUT2D eigenvalue weighted by Gasteiger charge is 2.12. The fraction of sp³-hybridized carbons (Fsp3) is 0.357. The van der Waals surface area contributed by atoms with Crippen molar-refractivity contribution in [1.29, 1.82) is 0 Å². The van der Waals surface area contributed by atoms with Gasteiger partial charge in [-0.1, -0.05) is 0 Å². The Labute approximate surface area is 126 Å². The standard InChI is InChI=1S/C14H16BrN3O2/c15-12-3-6-20-13(12)10-16-11-1-2-14(17-9-11)18-4-7-19-8-5-18/h1-3,6,9,16H,4-5,7-8,10H2. The van der Waals surface area contributed by atoms with Crippen LogP contribution in [0.1, 0.15) is 5.76 Å². The molecule has 2 aromatic rings. The van der Waals surface area contributed by atoms with Crippen molar-refractivity contribution >= 4 is 27.4 Å². The summed E-state index contributed by atoms with van der Waals surface area (Å²) in [6.07, 6.45) is 3.52. The number of nitrogens with one attached hydrogen (secondary N) is 1. The Morgan fingerprint density at radius 3 is 2.75 bits per heavy atom. The molecule has 20 heavy (non-hydrogen) atoms. The largest absolute Gasteiger partial charge is 0.466 e. The maximum absolute atomic E-state index is 5.35. The molecule has 0 atom stereocenters. The lowest BCUT2D eigenvalue weighted by atomic mass is 10.3. The Balaban J connectivity index is 1.59. The second-order valence-corrected chi connectivity index (χ2v) is 5.40. The first-order chi connectivity index (χ1) is 9.83. The Morgan fingerprint density at radius 1 is 1.25 bits per heavy atom. The van der Waals surface area contributed by atoms with E-state index in [0.717, 1.165) is 48.0 Å². The summed E-state index contributed by atoms with van der Waals surface area (Å²) in [5.41, 5.74) is 0.977. The number of rotatable bonds is 4. The quantitative estimate of drug-likeness (QED) is 0.929. The molecule has 3 heterocycles. The van der Waals surface area contributed by atoms with Crippen molar-refractivity contribution in [1.82, 2.24) is 4.98 Å². The number of halogens is 1. The minimum atomic E-state index is 0.631. The third-order valence-electron chi connectivity index (χ3n) is 3.23. The fourth-order valence-corrected chi connectivity index (χ4v) is 2.45. The topological polar surface area (TPSA) is 50.5 Å². The van der Waals surface area contributed by atoms with Gasteiger partial charge in [0.15, 0.2) is 0 Å². The molecular weight excluding hydrogens is 322 g/mol. The Bertz CT molecular complexity index is 550. The molecule has 5 nitrogen and oxygen atoms in total. The molecule has 2 aromatic heterocycles. The number of nitrogens with zero attached hydrogens (tertiary/aromatic N) is 2. The van der Waals surface area contributed by atoms with Crippen LogP contribution >= 0.6 is 15.9 Å². The number of furan rings is 1. The number of ether oxygens (including phenoxy) is 1. The van der Waals surface area contributed by atoms with E-state index in [1.54, 1.807) is 6.26 Å². The summed E-state index contributed by atoms with van der Waals surface area (Å²) in [4.78, 5) is 6.72. The summed E-state index contributed by atoms with van der Waals surface area (Å²) in [6, 6.07) is 5.95. The Kier molecular flexibility index (Phi) is 4.22. The maximum Gasteiger partial charge on any atom is 0.136 e. The van der Waals surface area contributed by atoms with Gasteiger partial charge in [0.25, 0.3) is 0 Å². The van der Waals surface area contributed by atoms with Gasteiger partial charge in [-0.15, -0.1) is 0 Å². The van der Waals surface area contributed by atoms with Crippen LogP contribution in [0.5, 0.6) is 0 Å². The summed E-state index contributed by atoms with van der Waals surface area (Å²) >= 11 is 3.44. The van der Waals surface area contributed by atoms with Crippen LogP contribution in [0.25, 0.3) is 0 Å². The van der Waals surface area contributed by atoms with Gasteiger partial charge in [-0.25, -0.2) is 4.98 Å². The van der Waals surface area contributed by atoms with Crippen molar-refractivity contribution in [3.05, 3.63) is 40.9 Å². The number of pyridine rings is 1. The van der Waals surface area contributed by atoms with Gasteiger partial charge in [-0.3, -0.25) is 0 Å². The first-order valence-corrected chi connectivity index (χ1v) is 7.37. The normalized spacial score (nSPS) is 15.3. The lowest BCUT2D eigenvalue weighted by molar-refractivity contribution is 0.122. The molecule has 0 unspecified atom stereocenters. The number of anilines is 2. The number of morpholine rings is 1. The third-order valence-corrected chi connectivity index (χ3v) is 3.93. The molecule has 1 aliphatic heterocycles. The minimum absolute atomic E-state index is 0.631. The van der Waals surface area contributed by atoms with E-state index in [4.69, 9.17) is 9.15 Å². The SMILES string of the molecule is Brc1ccoc1CNc1ccc(N2CCOCC2)nc1. The minimum Gasteiger partial charge on any atom is -0.466 e. The molecule has 3 rings (SSSR count). The van der Waals surface area contributed by atoms with E-state index in [0.29, 0.717) is 6.54 Å². The van der Waals surface area contributed by atoms with Crippen molar-refractivity contribution in [2.75, 3.05) is 36.5 Å². The average molecular weight is 338 g/mol. The summed E-state index contributed by atoms with van der Waals surface area (Å²) in [6.45, 7) is 3.98. The van der Waals surface area contributed by atoms with Crippen LogP contribution in [0.4, 0.5) is 11.5 Å². The summed E-state index contributed by atoms with van der Waals surface area (Å²) in [5, 5.41) is 3.29. The first kappa shape index (κ1) is 13.5. The average Bonchev–Trinajstić information content (AvgIpc) is 2.92. The van der Waals surface area contributed by atoms with Crippen LogP contribution in [0.15, 0.2) is 39.5 Å². The summed E-state index contributed by atoms with van der Waals surface area (Å²) in [5.74, 6) is 1.88. The molecule has 1 fully saturated rings. The lowest BCUT2D eigenvalue weighted by Gasteiger charge is -2.27. The summed E-state index contributed by atoms with van der Waals surface area (Å²) < 4.78 is 11.7. The van der Waals surface area contributed by atoms with Crippen molar-refractivity contribution in [2.24, 2.45) is 0 Å². The Hall–Kier alpha value is -1.53. The van der Waals surface area contributed by atoms with Gasteiger partial charge in [0.2, 0.25) is 0 Å². The van der Waals surface area contributed by atoms with Crippen LogP contribution in [-0.2, 0) is 11.3 Å². The molecule has 106 valence electrons. The highest BCUT2D eigenvalue weighted by molar-refractivity contribution is 9.10. The molecule has 1 saturated heterocycles. The van der Waals surface area contributed by atoms with Crippen LogP contribution < -0.4 is 10.2 Å². The van der Waals surface area contributed by atoms with Crippen molar-refractivity contribution < 1.29 is 9.15 Å². The molecular formula is C14H16BrN3O2. The van der Waals surface area contributed by atoms with Crippen molar-refractivity contribution in [3.8, 4) is 0 Å². The number of aromatic nitrogens is 1. The highest BCUT2D eigenvalue weighted by atomic mass is 79.9. The highest BCUT2D eigenvalue weighted by Crippen LogP contribution is 2.20. The van der Waals surface area contributed by atoms with Gasteiger partial charge in [0, 0.05) is 13.1 Å². The van der Waals surface area contributed by atoms with Crippen molar-refractivity contribution in [3.63, 3.8) is 0 Å². The molecule has 0 amide bonds. The zero-order valence-electron chi connectivity index (χ0n) is 11.0. The van der Waals surface area contributed by atoms with Gasteiger partial charge in [0.05, 0.1) is 42.4 Å². The van der Waals surface area contributed by atoms with Gasteiger partial charge < -0.3 is 19.4 Å². The molecule has 0 aliphatic carbocycles. The Morgan fingerprint density at radius 2 is 2.10 bits per heavy atom. The van der Waals surface area contributed by atoms with Gasteiger partial charge in [-0.2, -0.15) is 0 Å². The summed E-state index contributed by atoms with van der Waals surface area (Å²) in [7, 11) is 0. The van der Waals surface area contributed by atoms with E-state index in [1.165, 1.54) is 0 Å². The number of hydrogen-bond donors (Lipinski definition) is 1. The second kappa shape index (κ2) is 6.28. The smallest absolute Gasteiger partial charge is 0.136 e. The molecule has 1 N–H and O–H groups in total. The van der Waals surface area contributed by atoms with E-state index < -0.39 is 0 Å². The van der Waals surface area contributed by atoms with Crippen molar-refractivity contribution in [2.45, 2.75) is 6.54 Å². The van der Waals surface area contributed by atoms with Crippen LogP contribution in [0.2, 0.25) is 0 Å². The monoisotopic (exact) mass is 337 g/mol. The molecule has 0 saturated carbocycles. The zero-order chi connectivity index (χ0) is 13.8.